The Morgan fingerprint density at radius 2 is 2.21 bits per heavy atom. The monoisotopic (exact) mass is 195 g/mol. The van der Waals surface area contributed by atoms with E-state index in [1.54, 1.807) is 6.08 Å². The molecule has 1 fully saturated rings. The van der Waals surface area contributed by atoms with Crippen molar-refractivity contribution in [2.45, 2.75) is 13.8 Å². The second-order valence-corrected chi connectivity index (χ2v) is 4.01. The Hall–Kier alpha value is -1.50. The Morgan fingerprint density at radius 3 is 2.50 bits per heavy atom. The van der Waals surface area contributed by atoms with Crippen molar-refractivity contribution in [1.82, 2.24) is 0 Å². The maximum absolute atomic E-state index is 10.8. The van der Waals surface area contributed by atoms with Crippen LogP contribution in [0.25, 0.3) is 0 Å². The van der Waals surface area contributed by atoms with Crippen LogP contribution < -0.4 is 0 Å². The van der Waals surface area contributed by atoms with Gasteiger partial charge in [-0.05, 0) is 11.5 Å². The molecule has 0 heterocycles. The van der Waals surface area contributed by atoms with Gasteiger partial charge < -0.3 is 9.84 Å². The van der Waals surface area contributed by atoms with E-state index in [4.69, 9.17) is 15.1 Å². The molecule has 1 N–H and O–H groups in total. The van der Waals surface area contributed by atoms with Crippen LogP contribution in [0.3, 0.4) is 0 Å². The average molecular weight is 195 g/mol. The quantitative estimate of drug-likeness (QED) is 0.545. The molecule has 0 radical (unpaired) electrons. The molecule has 14 heavy (non-hydrogen) atoms. The molecule has 0 aromatic rings. The first-order valence-corrected chi connectivity index (χ1v) is 4.34. The number of nitriles is 1. The first-order chi connectivity index (χ1) is 6.45. The van der Waals surface area contributed by atoms with E-state index in [2.05, 4.69) is 0 Å². The van der Waals surface area contributed by atoms with E-state index < -0.39 is 11.9 Å². The van der Waals surface area contributed by atoms with Crippen LogP contribution in [0.5, 0.6) is 0 Å². The number of ether oxygens (including phenoxy) is 1. The Balaban J connectivity index is 2.80. The molecule has 4 nitrogen and oxygen atoms in total. The minimum atomic E-state index is -0.815. The van der Waals surface area contributed by atoms with Gasteiger partial charge in [0.15, 0.2) is 5.76 Å². The highest BCUT2D eigenvalue weighted by Gasteiger charge is 2.61. The number of aliphatic carboxylic acids is 1. The molecule has 0 amide bonds. The molecular weight excluding hydrogens is 182 g/mol. The Labute approximate surface area is 82.8 Å². The van der Waals surface area contributed by atoms with Crippen LogP contribution in [0.4, 0.5) is 0 Å². The number of nitrogens with zero attached hydrogens (tertiary/aromatic N) is 1. The molecule has 0 aromatic carbocycles. The van der Waals surface area contributed by atoms with E-state index in [0.717, 1.165) is 0 Å². The molecule has 1 aliphatic rings. The van der Waals surface area contributed by atoms with Gasteiger partial charge in [-0.3, -0.25) is 4.79 Å². The van der Waals surface area contributed by atoms with Crippen molar-refractivity contribution in [2.24, 2.45) is 17.3 Å². The van der Waals surface area contributed by atoms with Gasteiger partial charge in [0.2, 0.25) is 0 Å². The van der Waals surface area contributed by atoms with Gasteiger partial charge in [-0.2, -0.15) is 5.26 Å². The maximum Gasteiger partial charge on any atom is 0.307 e. The fourth-order valence-corrected chi connectivity index (χ4v) is 1.77. The molecule has 0 bridgehead atoms. The summed E-state index contributed by atoms with van der Waals surface area (Å²) in [6.07, 6.45) is 1.60. The first-order valence-electron chi connectivity index (χ1n) is 4.34. The van der Waals surface area contributed by atoms with Crippen LogP contribution >= 0.6 is 0 Å². The van der Waals surface area contributed by atoms with E-state index in [-0.39, 0.29) is 17.1 Å². The summed E-state index contributed by atoms with van der Waals surface area (Å²) in [4.78, 5) is 10.8. The van der Waals surface area contributed by atoms with Crippen molar-refractivity contribution in [1.29, 1.82) is 5.26 Å². The number of rotatable bonds is 3. The molecule has 1 rings (SSSR count). The summed E-state index contributed by atoms with van der Waals surface area (Å²) in [7, 11) is 1.40. The van der Waals surface area contributed by atoms with Crippen LogP contribution in [-0.2, 0) is 9.53 Å². The summed E-state index contributed by atoms with van der Waals surface area (Å²) in [6.45, 7) is 3.75. The van der Waals surface area contributed by atoms with Crippen molar-refractivity contribution in [2.75, 3.05) is 7.11 Å². The third-order valence-corrected chi connectivity index (χ3v) is 2.84. The number of methoxy groups -OCH3 is 1. The number of carbonyl (C=O) groups is 1. The highest BCUT2D eigenvalue weighted by molar-refractivity contribution is 5.76. The lowest BCUT2D eigenvalue weighted by Crippen LogP contribution is -2.03. The smallest absolute Gasteiger partial charge is 0.307 e. The largest absolute Gasteiger partial charge is 0.487 e. The Morgan fingerprint density at radius 1 is 1.64 bits per heavy atom. The highest BCUT2D eigenvalue weighted by atomic mass is 16.5. The summed E-state index contributed by atoms with van der Waals surface area (Å²) in [5.74, 6) is -1.13. The third-order valence-electron chi connectivity index (χ3n) is 2.84. The minimum Gasteiger partial charge on any atom is -0.487 e. The number of carboxylic acid groups (broad SMARTS) is 1. The Kier molecular flexibility index (Phi) is 2.52. The summed E-state index contributed by atoms with van der Waals surface area (Å²) in [6, 6.07) is 1.87. The second-order valence-electron chi connectivity index (χ2n) is 4.01. The van der Waals surface area contributed by atoms with Crippen molar-refractivity contribution in [3.05, 3.63) is 11.8 Å². The molecule has 0 saturated heterocycles. The van der Waals surface area contributed by atoms with E-state index >= 15 is 0 Å². The van der Waals surface area contributed by atoms with Crippen molar-refractivity contribution < 1.29 is 14.6 Å². The van der Waals surface area contributed by atoms with Gasteiger partial charge in [-0.1, -0.05) is 13.8 Å². The Bertz CT molecular complexity index is 325. The summed E-state index contributed by atoms with van der Waals surface area (Å²) >= 11 is 0. The zero-order chi connectivity index (χ0) is 10.9. The molecular formula is C10H13NO3. The normalized spacial score (nSPS) is 29.1. The molecule has 0 spiro atoms. The fraction of sp³-hybridized carbons (Fsp3) is 0.600. The van der Waals surface area contributed by atoms with Gasteiger partial charge in [-0.15, -0.1) is 0 Å². The van der Waals surface area contributed by atoms with Crippen LogP contribution in [0.1, 0.15) is 13.8 Å². The molecule has 2 unspecified atom stereocenters. The van der Waals surface area contributed by atoms with E-state index in [1.807, 2.05) is 19.9 Å². The lowest BCUT2D eigenvalue weighted by Gasteiger charge is -1.97. The van der Waals surface area contributed by atoms with E-state index in [1.165, 1.54) is 7.11 Å². The topological polar surface area (TPSA) is 70.3 Å². The zero-order valence-corrected chi connectivity index (χ0v) is 8.44. The summed E-state index contributed by atoms with van der Waals surface area (Å²) in [5, 5.41) is 17.5. The van der Waals surface area contributed by atoms with Crippen LogP contribution in [-0.4, -0.2) is 18.2 Å². The predicted molar refractivity (Wildman–Crippen MR) is 49.1 cm³/mol. The van der Waals surface area contributed by atoms with Crippen LogP contribution in [0.15, 0.2) is 11.8 Å². The number of carboxylic acids is 1. The molecule has 0 aromatic heterocycles. The third kappa shape index (κ3) is 1.58. The van der Waals surface area contributed by atoms with Crippen LogP contribution in [0, 0.1) is 28.6 Å². The minimum absolute atomic E-state index is 0.102. The second kappa shape index (κ2) is 3.33. The highest BCUT2D eigenvalue weighted by Crippen LogP contribution is 2.59. The van der Waals surface area contributed by atoms with Gasteiger partial charge in [0.1, 0.15) is 6.07 Å². The van der Waals surface area contributed by atoms with Crippen molar-refractivity contribution >= 4 is 5.97 Å². The molecule has 1 saturated carbocycles. The molecule has 0 aliphatic heterocycles. The van der Waals surface area contributed by atoms with Gasteiger partial charge in [0.05, 0.1) is 13.0 Å². The zero-order valence-electron chi connectivity index (χ0n) is 8.44. The van der Waals surface area contributed by atoms with Gasteiger partial charge >= 0.3 is 5.97 Å². The molecule has 76 valence electrons. The average Bonchev–Trinajstić information content (AvgIpc) is 2.63. The lowest BCUT2D eigenvalue weighted by molar-refractivity contribution is -0.139. The predicted octanol–water partition coefficient (Wildman–Crippen LogP) is 1.40. The van der Waals surface area contributed by atoms with Gasteiger partial charge in [-0.25, -0.2) is 0 Å². The SMILES string of the molecule is CO/C(C#N)=C\C1C(C(=O)O)C1(C)C. The van der Waals surface area contributed by atoms with E-state index in [0.29, 0.717) is 0 Å². The van der Waals surface area contributed by atoms with E-state index in [9.17, 15) is 4.79 Å². The number of hydrogen-bond donors (Lipinski definition) is 1. The first kappa shape index (κ1) is 10.6. The van der Waals surface area contributed by atoms with Crippen molar-refractivity contribution in [3.8, 4) is 6.07 Å². The number of allylic oxidation sites excluding steroid dienone is 2. The summed E-state index contributed by atoms with van der Waals surface area (Å²) < 4.78 is 4.78. The van der Waals surface area contributed by atoms with Gasteiger partial charge in [0, 0.05) is 5.92 Å². The standard InChI is InChI=1S/C10H13NO3/c1-10(2)7(8(10)9(12)13)4-6(5-11)14-3/h4,7-8H,1-3H3,(H,12,13)/b6-4-. The molecule has 2 atom stereocenters. The summed E-state index contributed by atoms with van der Waals surface area (Å²) in [5.41, 5.74) is -0.271. The fourth-order valence-electron chi connectivity index (χ4n) is 1.77. The van der Waals surface area contributed by atoms with Gasteiger partial charge in [0.25, 0.3) is 0 Å². The van der Waals surface area contributed by atoms with Crippen molar-refractivity contribution in [3.63, 3.8) is 0 Å². The lowest BCUT2D eigenvalue weighted by atomic mass is 10.1. The molecule has 4 heteroatoms. The maximum atomic E-state index is 10.8. The number of hydrogen-bond acceptors (Lipinski definition) is 3. The van der Waals surface area contributed by atoms with Crippen LogP contribution in [0.2, 0.25) is 0 Å². The molecule has 1 aliphatic carbocycles.